The number of piperidine rings is 1. The Morgan fingerprint density at radius 2 is 1.88 bits per heavy atom. The SMILES string of the molecule is Cc1ccc(S(=O)(=O)N/N=C2\CCCCC23CCC(=O)NC3)cc1. The maximum absolute atomic E-state index is 12.4. The van der Waals surface area contributed by atoms with Crippen LogP contribution in [0.4, 0.5) is 0 Å². The number of sulfonamides is 1. The summed E-state index contributed by atoms with van der Waals surface area (Å²) < 4.78 is 24.8. The van der Waals surface area contributed by atoms with E-state index in [4.69, 9.17) is 0 Å². The molecule has 1 atom stereocenters. The highest BCUT2D eigenvalue weighted by molar-refractivity contribution is 7.89. The molecule has 2 fully saturated rings. The fourth-order valence-electron chi connectivity index (χ4n) is 3.48. The highest BCUT2D eigenvalue weighted by atomic mass is 32.2. The smallest absolute Gasteiger partial charge is 0.276 e. The molecule has 1 aliphatic carbocycles. The van der Waals surface area contributed by atoms with Gasteiger partial charge in [0, 0.05) is 24.1 Å². The van der Waals surface area contributed by atoms with Crippen molar-refractivity contribution in [2.75, 3.05) is 6.54 Å². The zero-order valence-corrected chi connectivity index (χ0v) is 14.7. The van der Waals surface area contributed by atoms with Crippen LogP contribution in [0.1, 0.15) is 44.1 Å². The van der Waals surface area contributed by atoms with Gasteiger partial charge in [0.15, 0.2) is 0 Å². The number of carbonyl (C=O) groups excluding carboxylic acids is 1. The normalized spacial score (nSPS) is 26.4. The molecule has 0 aromatic heterocycles. The molecule has 130 valence electrons. The van der Waals surface area contributed by atoms with Crippen molar-refractivity contribution in [2.24, 2.45) is 10.5 Å². The minimum atomic E-state index is -3.67. The van der Waals surface area contributed by atoms with Gasteiger partial charge in [-0.25, -0.2) is 4.83 Å². The number of nitrogens with one attached hydrogen (secondary N) is 2. The van der Waals surface area contributed by atoms with Gasteiger partial charge in [-0.2, -0.15) is 13.5 Å². The second-order valence-corrected chi connectivity index (χ2v) is 8.39. The molecule has 1 spiro atoms. The van der Waals surface area contributed by atoms with Gasteiger partial charge in [-0.1, -0.05) is 24.1 Å². The Bertz CT molecular complexity index is 744. The third-order valence-electron chi connectivity index (χ3n) is 5.02. The van der Waals surface area contributed by atoms with Crippen molar-refractivity contribution in [3.8, 4) is 0 Å². The minimum absolute atomic E-state index is 0.0609. The first-order valence-electron chi connectivity index (χ1n) is 8.34. The molecule has 1 aromatic rings. The van der Waals surface area contributed by atoms with Crippen LogP contribution in [0.3, 0.4) is 0 Å². The summed E-state index contributed by atoms with van der Waals surface area (Å²) in [6.07, 6.45) is 5.01. The maximum Gasteiger partial charge on any atom is 0.276 e. The third-order valence-corrected chi connectivity index (χ3v) is 6.24. The molecule has 1 aromatic carbocycles. The van der Waals surface area contributed by atoms with E-state index in [1.165, 1.54) is 0 Å². The molecule has 1 aliphatic heterocycles. The van der Waals surface area contributed by atoms with E-state index in [-0.39, 0.29) is 16.2 Å². The number of nitrogens with zero attached hydrogens (tertiary/aromatic N) is 1. The summed E-state index contributed by atoms with van der Waals surface area (Å²) in [7, 11) is -3.67. The molecule has 1 saturated heterocycles. The average molecular weight is 349 g/mol. The zero-order valence-electron chi connectivity index (χ0n) is 13.8. The van der Waals surface area contributed by atoms with Gasteiger partial charge in [0.25, 0.3) is 10.0 Å². The predicted molar refractivity (Wildman–Crippen MR) is 92.1 cm³/mol. The molecule has 24 heavy (non-hydrogen) atoms. The lowest BCUT2D eigenvalue weighted by atomic mass is 9.68. The van der Waals surface area contributed by atoms with Crippen LogP contribution in [0.15, 0.2) is 34.3 Å². The van der Waals surface area contributed by atoms with Crippen molar-refractivity contribution in [3.63, 3.8) is 0 Å². The number of aryl methyl sites for hydroxylation is 1. The highest BCUT2D eigenvalue weighted by Crippen LogP contribution is 2.39. The highest BCUT2D eigenvalue weighted by Gasteiger charge is 2.41. The second kappa shape index (κ2) is 6.55. The molecule has 0 radical (unpaired) electrons. The first kappa shape index (κ1) is 17.0. The first-order valence-corrected chi connectivity index (χ1v) is 9.82. The average Bonchev–Trinajstić information content (AvgIpc) is 2.57. The van der Waals surface area contributed by atoms with Gasteiger partial charge in [-0.15, -0.1) is 0 Å². The summed E-state index contributed by atoms with van der Waals surface area (Å²) >= 11 is 0. The number of hydrazone groups is 1. The van der Waals surface area contributed by atoms with E-state index < -0.39 is 10.0 Å². The van der Waals surface area contributed by atoms with Crippen molar-refractivity contribution >= 4 is 21.6 Å². The molecule has 2 aliphatic rings. The van der Waals surface area contributed by atoms with Crippen molar-refractivity contribution in [3.05, 3.63) is 29.8 Å². The van der Waals surface area contributed by atoms with Crippen molar-refractivity contribution in [1.29, 1.82) is 0 Å². The van der Waals surface area contributed by atoms with E-state index >= 15 is 0 Å². The Labute approximate surface area is 142 Å². The number of hydrogen-bond acceptors (Lipinski definition) is 4. The van der Waals surface area contributed by atoms with E-state index in [2.05, 4.69) is 15.2 Å². The Kier molecular flexibility index (Phi) is 4.62. The number of benzene rings is 1. The molecule has 1 saturated carbocycles. The summed E-state index contributed by atoms with van der Waals surface area (Å²) in [5, 5.41) is 7.19. The molecule has 1 heterocycles. The van der Waals surface area contributed by atoms with E-state index in [0.29, 0.717) is 13.0 Å². The van der Waals surface area contributed by atoms with Crippen LogP contribution >= 0.6 is 0 Å². The Morgan fingerprint density at radius 3 is 2.54 bits per heavy atom. The lowest BCUT2D eigenvalue weighted by Crippen LogP contribution is -2.49. The summed E-state index contributed by atoms with van der Waals surface area (Å²) in [4.78, 5) is 14.1. The number of hydrogen-bond donors (Lipinski definition) is 2. The molecule has 2 N–H and O–H groups in total. The predicted octanol–water partition coefficient (Wildman–Crippen LogP) is 2.10. The monoisotopic (exact) mass is 349 g/mol. The summed E-state index contributed by atoms with van der Waals surface area (Å²) in [6.45, 7) is 2.46. The lowest BCUT2D eigenvalue weighted by molar-refractivity contribution is -0.123. The van der Waals surface area contributed by atoms with Crippen LogP contribution in [0, 0.1) is 12.3 Å². The Balaban J connectivity index is 1.81. The van der Waals surface area contributed by atoms with Crippen molar-refractivity contribution in [2.45, 2.75) is 50.3 Å². The largest absolute Gasteiger partial charge is 0.355 e. The van der Waals surface area contributed by atoms with E-state index in [1.54, 1.807) is 24.3 Å². The minimum Gasteiger partial charge on any atom is -0.355 e. The fourth-order valence-corrected chi connectivity index (χ4v) is 4.31. The van der Waals surface area contributed by atoms with Gasteiger partial charge in [-0.3, -0.25) is 4.79 Å². The van der Waals surface area contributed by atoms with Gasteiger partial charge >= 0.3 is 0 Å². The van der Waals surface area contributed by atoms with E-state index in [1.807, 2.05) is 6.92 Å². The van der Waals surface area contributed by atoms with Gasteiger partial charge in [0.05, 0.1) is 4.90 Å². The van der Waals surface area contributed by atoms with Gasteiger partial charge in [0.1, 0.15) is 0 Å². The molecule has 6 nitrogen and oxygen atoms in total. The Morgan fingerprint density at radius 1 is 1.12 bits per heavy atom. The van der Waals surface area contributed by atoms with Crippen LogP contribution in [0.5, 0.6) is 0 Å². The molecule has 0 bridgehead atoms. The van der Waals surface area contributed by atoms with Crippen molar-refractivity contribution in [1.82, 2.24) is 10.1 Å². The zero-order chi connectivity index (χ0) is 17.2. The maximum atomic E-state index is 12.4. The van der Waals surface area contributed by atoms with Crippen LogP contribution in [0.2, 0.25) is 0 Å². The summed E-state index contributed by atoms with van der Waals surface area (Å²) in [5.74, 6) is 0.0609. The van der Waals surface area contributed by atoms with Gasteiger partial charge in [0.2, 0.25) is 5.91 Å². The number of rotatable bonds is 3. The topological polar surface area (TPSA) is 87.6 Å². The summed E-state index contributed by atoms with van der Waals surface area (Å²) in [5.41, 5.74) is 1.68. The quantitative estimate of drug-likeness (QED) is 0.819. The van der Waals surface area contributed by atoms with Crippen LogP contribution in [0.25, 0.3) is 0 Å². The van der Waals surface area contributed by atoms with Crippen LogP contribution in [-0.4, -0.2) is 26.6 Å². The van der Waals surface area contributed by atoms with E-state index in [9.17, 15) is 13.2 Å². The lowest BCUT2D eigenvalue weighted by Gasteiger charge is -2.41. The fraction of sp³-hybridized carbons (Fsp3) is 0.529. The molecular weight excluding hydrogens is 326 g/mol. The number of carbonyl (C=O) groups is 1. The van der Waals surface area contributed by atoms with Gasteiger partial charge < -0.3 is 5.32 Å². The third kappa shape index (κ3) is 3.45. The Hall–Kier alpha value is -1.89. The van der Waals surface area contributed by atoms with Crippen LogP contribution < -0.4 is 10.1 Å². The van der Waals surface area contributed by atoms with E-state index in [0.717, 1.165) is 43.4 Å². The number of amides is 1. The summed E-state index contributed by atoms with van der Waals surface area (Å²) in [6, 6.07) is 6.69. The molecule has 3 rings (SSSR count). The molecule has 1 amide bonds. The first-order chi connectivity index (χ1) is 11.4. The van der Waals surface area contributed by atoms with Crippen molar-refractivity contribution < 1.29 is 13.2 Å². The standard InChI is InChI=1S/C17H23N3O3S/c1-13-5-7-14(8-6-13)24(22,23)20-19-15-4-2-3-10-17(15)11-9-16(21)18-12-17/h5-8,20H,2-4,9-12H2,1H3,(H,18,21)/b19-15+. The van der Waals surface area contributed by atoms with Gasteiger partial charge in [-0.05, 0) is 44.7 Å². The second-order valence-electron chi connectivity index (χ2n) is 6.73. The molecule has 1 unspecified atom stereocenters. The molecular formula is C17H23N3O3S. The van der Waals surface area contributed by atoms with Crippen LogP contribution in [-0.2, 0) is 14.8 Å². The molecule has 7 heteroatoms.